The number of rotatable bonds is 6. The molecule has 1 aliphatic heterocycles. The first kappa shape index (κ1) is 18.8. The summed E-state index contributed by atoms with van der Waals surface area (Å²) < 4.78 is 39.9. The van der Waals surface area contributed by atoms with Crippen LogP contribution in [0.1, 0.15) is 23.4 Å². The summed E-state index contributed by atoms with van der Waals surface area (Å²) in [6.07, 6.45) is 1.74. The maximum Gasteiger partial charge on any atom is 0.326 e. The summed E-state index contributed by atoms with van der Waals surface area (Å²) in [4.78, 5) is 12.6. The van der Waals surface area contributed by atoms with Crippen molar-refractivity contribution in [1.82, 2.24) is 5.32 Å². The molecule has 0 radical (unpaired) electrons. The van der Waals surface area contributed by atoms with Crippen molar-refractivity contribution < 1.29 is 22.4 Å². The highest BCUT2D eigenvalue weighted by atomic mass is 32.2. The van der Waals surface area contributed by atoms with Crippen LogP contribution in [0.3, 0.4) is 0 Å². The summed E-state index contributed by atoms with van der Waals surface area (Å²) in [5, 5.41) is 3.51. The molecule has 1 aliphatic carbocycles. The normalized spacial score (nSPS) is 17.2. The minimum Gasteiger partial charge on any atom is -0.493 e. The summed E-state index contributed by atoms with van der Waals surface area (Å²) in [7, 11) is -2.10. The number of ether oxygens (including phenoxy) is 1. The van der Waals surface area contributed by atoms with Crippen LogP contribution in [0.15, 0.2) is 52.9 Å². The second-order valence-corrected chi connectivity index (χ2v) is 9.07. The van der Waals surface area contributed by atoms with E-state index in [0.717, 1.165) is 18.2 Å². The predicted octanol–water partition coefficient (Wildman–Crippen LogP) is 2.91. The van der Waals surface area contributed by atoms with Crippen LogP contribution in [0, 0.1) is 0 Å². The molecule has 2 heterocycles. The Morgan fingerprint density at radius 2 is 1.93 bits per heavy atom. The van der Waals surface area contributed by atoms with Gasteiger partial charge in [-0.05, 0) is 37.1 Å². The lowest BCUT2D eigenvalue weighted by molar-refractivity contribution is 0.0929. The number of carbonyl (C=O) groups excluding carboxylic acids is 1. The fourth-order valence-corrected chi connectivity index (χ4v) is 5.74. The summed E-state index contributed by atoms with van der Waals surface area (Å²) in [5.74, 6) is 0.294. The fraction of sp³-hybridized carbons (Fsp3) is 0.286. The molecule has 156 valence electrons. The van der Waals surface area contributed by atoms with Gasteiger partial charge in [0, 0.05) is 18.0 Å². The molecule has 0 spiro atoms. The lowest BCUT2D eigenvalue weighted by Crippen LogP contribution is -2.42. The van der Waals surface area contributed by atoms with Crippen molar-refractivity contribution in [3.63, 3.8) is 0 Å². The third kappa shape index (κ3) is 2.97. The molecule has 0 saturated heterocycles. The Morgan fingerprint density at radius 3 is 2.67 bits per heavy atom. The molecule has 1 aromatic heterocycles. The van der Waals surface area contributed by atoms with Gasteiger partial charge in [-0.2, -0.15) is 8.42 Å². The zero-order valence-corrected chi connectivity index (χ0v) is 17.2. The standard InChI is InChI=1S/C21H21N3O5S/c1-28-18-8-4-5-14-13-19(29-20(14)18)21(25)22-11-12-23-16-6-2-3-7-17(16)24(15-9-10-15)30(23,26)27/h2-8,13,15H,9-12H2,1H3,(H,22,25). The molecule has 30 heavy (non-hydrogen) atoms. The van der Waals surface area contributed by atoms with E-state index in [1.165, 1.54) is 15.7 Å². The Hall–Kier alpha value is -3.20. The van der Waals surface area contributed by atoms with E-state index in [0.29, 0.717) is 22.7 Å². The summed E-state index contributed by atoms with van der Waals surface area (Å²) in [6, 6.07) is 14.4. The molecule has 1 amide bonds. The number of furan rings is 1. The summed E-state index contributed by atoms with van der Waals surface area (Å²) >= 11 is 0. The highest BCUT2D eigenvalue weighted by Crippen LogP contribution is 2.46. The maximum absolute atomic E-state index is 13.1. The maximum atomic E-state index is 13.1. The first-order valence-electron chi connectivity index (χ1n) is 9.76. The van der Waals surface area contributed by atoms with Crippen LogP contribution in [0.4, 0.5) is 11.4 Å². The molecule has 2 aromatic carbocycles. The quantitative estimate of drug-likeness (QED) is 0.653. The number of hydrogen-bond donors (Lipinski definition) is 1. The number of anilines is 2. The molecule has 0 unspecified atom stereocenters. The molecule has 8 nitrogen and oxygen atoms in total. The van der Waals surface area contributed by atoms with E-state index in [1.807, 2.05) is 30.3 Å². The monoisotopic (exact) mass is 427 g/mol. The van der Waals surface area contributed by atoms with Crippen LogP contribution < -0.4 is 18.7 Å². The Morgan fingerprint density at radius 1 is 1.17 bits per heavy atom. The number of benzene rings is 2. The van der Waals surface area contributed by atoms with Crippen molar-refractivity contribution in [2.75, 3.05) is 28.8 Å². The largest absolute Gasteiger partial charge is 0.493 e. The molecule has 2 aliphatic rings. The third-order valence-electron chi connectivity index (χ3n) is 5.35. The predicted molar refractivity (Wildman–Crippen MR) is 113 cm³/mol. The minimum absolute atomic E-state index is 0.0290. The second kappa shape index (κ2) is 6.94. The van der Waals surface area contributed by atoms with Gasteiger partial charge in [0.2, 0.25) is 0 Å². The van der Waals surface area contributed by atoms with Crippen molar-refractivity contribution in [3.8, 4) is 5.75 Å². The van der Waals surface area contributed by atoms with Gasteiger partial charge in [-0.1, -0.05) is 24.3 Å². The Balaban J connectivity index is 1.31. The molecule has 9 heteroatoms. The number of methoxy groups -OCH3 is 1. The minimum atomic E-state index is -3.64. The number of para-hydroxylation sites is 3. The van der Waals surface area contributed by atoms with Gasteiger partial charge < -0.3 is 14.5 Å². The molecular formula is C21H21N3O5S. The molecule has 1 N–H and O–H groups in total. The average Bonchev–Trinajstić information content (AvgIpc) is 3.41. The van der Waals surface area contributed by atoms with Gasteiger partial charge in [0.15, 0.2) is 17.1 Å². The van der Waals surface area contributed by atoms with E-state index in [2.05, 4.69) is 5.32 Å². The van der Waals surface area contributed by atoms with Crippen LogP contribution in [-0.4, -0.2) is 40.6 Å². The molecule has 5 rings (SSSR count). The van der Waals surface area contributed by atoms with Gasteiger partial charge in [-0.15, -0.1) is 0 Å². The molecule has 1 fully saturated rings. The first-order valence-corrected chi connectivity index (χ1v) is 11.2. The molecule has 0 bridgehead atoms. The van der Waals surface area contributed by atoms with E-state index < -0.39 is 16.1 Å². The number of hydrogen-bond acceptors (Lipinski definition) is 5. The van der Waals surface area contributed by atoms with Gasteiger partial charge >= 0.3 is 10.2 Å². The van der Waals surface area contributed by atoms with Crippen molar-refractivity contribution in [3.05, 3.63) is 54.3 Å². The number of carbonyl (C=O) groups is 1. The van der Waals surface area contributed by atoms with E-state index in [4.69, 9.17) is 9.15 Å². The summed E-state index contributed by atoms with van der Waals surface area (Å²) in [5.41, 5.74) is 1.85. The molecule has 3 aromatic rings. The van der Waals surface area contributed by atoms with Crippen molar-refractivity contribution in [2.45, 2.75) is 18.9 Å². The zero-order valence-electron chi connectivity index (χ0n) is 16.4. The van der Waals surface area contributed by atoms with Crippen LogP contribution in [0.5, 0.6) is 5.75 Å². The lowest BCUT2D eigenvalue weighted by Gasteiger charge is -2.21. The molecule has 1 saturated carbocycles. The summed E-state index contributed by atoms with van der Waals surface area (Å²) in [6.45, 7) is 0.289. The van der Waals surface area contributed by atoms with E-state index >= 15 is 0 Å². The Labute approximate surface area is 174 Å². The lowest BCUT2D eigenvalue weighted by atomic mass is 10.2. The van der Waals surface area contributed by atoms with Crippen LogP contribution in [-0.2, 0) is 10.2 Å². The van der Waals surface area contributed by atoms with E-state index in [9.17, 15) is 13.2 Å². The highest BCUT2D eigenvalue weighted by Gasteiger charge is 2.47. The fourth-order valence-electron chi connectivity index (χ4n) is 3.81. The number of nitrogens with one attached hydrogen (secondary N) is 1. The van der Waals surface area contributed by atoms with Crippen molar-refractivity contribution >= 4 is 38.5 Å². The van der Waals surface area contributed by atoms with E-state index in [-0.39, 0.29) is 24.9 Å². The molecular weight excluding hydrogens is 406 g/mol. The van der Waals surface area contributed by atoms with E-state index in [1.54, 1.807) is 18.2 Å². The average molecular weight is 427 g/mol. The van der Waals surface area contributed by atoms with Gasteiger partial charge in [-0.25, -0.2) is 8.61 Å². The third-order valence-corrected chi connectivity index (χ3v) is 7.27. The van der Waals surface area contributed by atoms with Crippen LogP contribution >= 0.6 is 0 Å². The van der Waals surface area contributed by atoms with Crippen LogP contribution in [0.25, 0.3) is 11.0 Å². The van der Waals surface area contributed by atoms with Gasteiger partial charge in [-0.3, -0.25) is 4.79 Å². The Kier molecular flexibility index (Phi) is 4.35. The zero-order chi connectivity index (χ0) is 20.9. The van der Waals surface area contributed by atoms with Gasteiger partial charge in [0.25, 0.3) is 5.91 Å². The van der Waals surface area contributed by atoms with Crippen molar-refractivity contribution in [1.29, 1.82) is 0 Å². The first-order chi connectivity index (χ1) is 14.5. The molecule has 0 atom stereocenters. The number of nitrogens with zero attached hydrogens (tertiary/aromatic N) is 2. The van der Waals surface area contributed by atoms with Crippen molar-refractivity contribution in [2.24, 2.45) is 0 Å². The number of amides is 1. The van der Waals surface area contributed by atoms with Crippen LogP contribution in [0.2, 0.25) is 0 Å². The number of fused-ring (bicyclic) bond motifs is 2. The highest BCUT2D eigenvalue weighted by molar-refractivity contribution is 7.94. The van der Waals surface area contributed by atoms with Gasteiger partial charge in [0.05, 0.1) is 25.0 Å². The topological polar surface area (TPSA) is 92.1 Å². The van der Waals surface area contributed by atoms with Gasteiger partial charge in [0.1, 0.15) is 0 Å². The second-order valence-electron chi connectivity index (χ2n) is 7.34. The Bertz CT molecular complexity index is 1230. The SMILES string of the molecule is COc1cccc2cc(C(=O)NCCN3c4ccccc4N(C4CC4)S3(=O)=O)oc12. The smallest absolute Gasteiger partial charge is 0.326 e.